The Labute approximate surface area is 195 Å². The molecule has 1 N–H and O–H groups in total. The van der Waals surface area contributed by atoms with E-state index in [-0.39, 0.29) is 17.9 Å². The molecule has 3 heterocycles. The van der Waals surface area contributed by atoms with Crippen molar-refractivity contribution >= 4 is 29.0 Å². The number of esters is 1. The van der Waals surface area contributed by atoms with Crippen LogP contribution in [0.2, 0.25) is 0 Å². The Morgan fingerprint density at radius 2 is 1.94 bits per heavy atom. The van der Waals surface area contributed by atoms with Gasteiger partial charge in [-0.3, -0.25) is 14.6 Å². The average molecular weight is 463 g/mol. The highest BCUT2D eigenvalue weighted by atomic mass is 32.1. The minimum absolute atomic E-state index is 0.0372. The molecule has 0 fully saturated rings. The molecular weight excluding hydrogens is 440 g/mol. The number of rotatable bonds is 8. The molecule has 1 aromatic carbocycles. The Kier molecular flexibility index (Phi) is 6.65. The van der Waals surface area contributed by atoms with Crippen LogP contribution in [0.3, 0.4) is 0 Å². The molecule has 7 nitrogen and oxygen atoms in total. The van der Waals surface area contributed by atoms with E-state index in [4.69, 9.17) is 4.74 Å². The number of hydrogen-bond donors (Lipinski definition) is 1. The van der Waals surface area contributed by atoms with Crippen LogP contribution in [0.5, 0.6) is 0 Å². The molecule has 0 spiro atoms. The molecule has 0 saturated carbocycles. The number of thiophene rings is 1. The fourth-order valence-corrected chi connectivity index (χ4v) is 4.37. The molecule has 8 heteroatoms. The van der Waals surface area contributed by atoms with Crippen molar-refractivity contribution in [3.63, 3.8) is 0 Å². The Balaban J connectivity index is 1.64. The van der Waals surface area contributed by atoms with E-state index in [0.717, 1.165) is 12.0 Å². The number of ether oxygens (including phenoxy) is 1. The Morgan fingerprint density at radius 3 is 2.58 bits per heavy atom. The highest BCUT2D eigenvalue weighted by molar-refractivity contribution is 7.12. The van der Waals surface area contributed by atoms with Gasteiger partial charge in [0, 0.05) is 18.9 Å². The Morgan fingerprint density at radius 1 is 1.15 bits per heavy atom. The molecule has 33 heavy (non-hydrogen) atoms. The van der Waals surface area contributed by atoms with Crippen LogP contribution in [0.4, 0.5) is 0 Å². The molecule has 0 saturated heterocycles. The van der Waals surface area contributed by atoms with E-state index >= 15 is 0 Å². The van der Waals surface area contributed by atoms with Gasteiger partial charge in [-0.15, -0.1) is 11.3 Å². The summed E-state index contributed by atoms with van der Waals surface area (Å²) in [5, 5.41) is 12.5. The van der Waals surface area contributed by atoms with Gasteiger partial charge >= 0.3 is 5.97 Å². The molecular formula is C25H22N2O5S. The number of ketones is 1. The molecule has 1 aliphatic rings. The number of pyridine rings is 1. The quantitative estimate of drug-likeness (QED) is 0.391. The first kappa shape index (κ1) is 22.4. The fraction of sp³-hybridized carbons (Fsp3) is 0.200. The normalized spacial score (nSPS) is 15.7. The molecule has 0 radical (unpaired) electrons. The maximum Gasteiger partial charge on any atom is 0.338 e. The number of hydrogen-bond acceptors (Lipinski definition) is 7. The lowest BCUT2D eigenvalue weighted by Gasteiger charge is -2.26. The van der Waals surface area contributed by atoms with Gasteiger partial charge in [0.05, 0.1) is 28.7 Å². The van der Waals surface area contributed by atoms with Crippen LogP contribution in [0.25, 0.3) is 0 Å². The van der Waals surface area contributed by atoms with E-state index in [9.17, 15) is 19.5 Å². The van der Waals surface area contributed by atoms with Crippen molar-refractivity contribution in [2.24, 2.45) is 0 Å². The first-order valence-corrected chi connectivity index (χ1v) is 11.4. The van der Waals surface area contributed by atoms with Gasteiger partial charge in [0.2, 0.25) is 5.78 Å². The third-order valence-corrected chi connectivity index (χ3v) is 6.14. The second kappa shape index (κ2) is 9.79. The number of carbonyl (C=O) groups excluding carboxylic acids is 3. The molecule has 2 aromatic heterocycles. The summed E-state index contributed by atoms with van der Waals surface area (Å²) in [6, 6.07) is 12.8. The summed E-state index contributed by atoms with van der Waals surface area (Å²) in [5.74, 6) is -1.98. The summed E-state index contributed by atoms with van der Waals surface area (Å²) < 4.78 is 5.15. The van der Waals surface area contributed by atoms with Crippen molar-refractivity contribution in [3.8, 4) is 0 Å². The Bertz CT molecular complexity index is 1190. The number of aliphatic hydroxyl groups is 1. The second-order valence-electron chi connectivity index (χ2n) is 7.52. The van der Waals surface area contributed by atoms with Gasteiger partial charge in [0.15, 0.2) is 5.76 Å². The van der Waals surface area contributed by atoms with Crippen molar-refractivity contribution < 1.29 is 24.2 Å². The van der Waals surface area contributed by atoms with Gasteiger partial charge < -0.3 is 14.7 Å². The van der Waals surface area contributed by atoms with Crippen LogP contribution in [0.1, 0.15) is 50.5 Å². The zero-order chi connectivity index (χ0) is 23.4. The smallest absolute Gasteiger partial charge is 0.338 e. The van der Waals surface area contributed by atoms with E-state index in [2.05, 4.69) is 4.98 Å². The van der Waals surface area contributed by atoms with Crippen molar-refractivity contribution in [2.75, 3.05) is 6.61 Å². The number of carbonyl (C=O) groups is 3. The molecule has 1 unspecified atom stereocenters. The summed E-state index contributed by atoms with van der Waals surface area (Å²) in [6.45, 7) is 2.40. The van der Waals surface area contributed by atoms with Crippen LogP contribution in [-0.2, 0) is 16.1 Å². The number of amides is 1. The predicted octanol–water partition coefficient (Wildman–Crippen LogP) is 4.49. The van der Waals surface area contributed by atoms with E-state index in [1.807, 2.05) is 6.92 Å². The van der Waals surface area contributed by atoms with Crippen molar-refractivity contribution in [1.82, 2.24) is 9.88 Å². The van der Waals surface area contributed by atoms with Crippen LogP contribution >= 0.6 is 11.3 Å². The number of aliphatic hydroxyl groups excluding tert-OH is 1. The number of benzene rings is 1. The fourth-order valence-electron chi connectivity index (χ4n) is 3.69. The van der Waals surface area contributed by atoms with Crippen LogP contribution in [0, 0.1) is 0 Å². The summed E-state index contributed by atoms with van der Waals surface area (Å²) in [4.78, 5) is 44.3. The lowest BCUT2D eigenvalue weighted by atomic mass is 9.96. The van der Waals surface area contributed by atoms with Crippen LogP contribution < -0.4 is 0 Å². The van der Waals surface area contributed by atoms with Crippen molar-refractivity contribution in [1.29, 1.82) is 0 Å². The minimum atomic E-state index is -0.782. The van der Waals surface area contributed by atoms with Gasteiger partial charge in [-0.2, -0.15) is 0 Å². The van der Waals surface area contributed by atoms with Crippen LogP contribution in [-0.4, -0.2) is 39.3 Å². The minimum Gasteiger partial charge on any atom is -0.503 e. The first-order valence-electron chi connectivity index (χ1n) is 10.5. The molecule has 1 atom stereocenters. The van der Waals surface area contributed by atoms with Gasteiger partial charge in [-0.05, 0) is 47.2 Å². The van der Waals surface area contributed by atoms with E-state index < -0.39 is 23.7 Å². The maximum atomic E-state index is 13.2. The van der Waals surface area contributed by atoms with Gasteiger partial charge in [0.1, 0.15) is 0 Å². The summed E-state index contributed by atoms with van der Waals surface area (Å²) in [6.07, 6.45) is 3.92. The monoisotopic (exact) mass is 462 g/mol. The summed E-state index contributed by atoms with van der Waals surface area (Å²) in [5.41, 5.74) is 1.81. The highest BCUT2D eigenvalue weighted by Crippen LogP contribution is 2.40. The van der Waals surface area contributed by atoms with Gasteiger partial charge in [-0.1, -0.05) is 31.2 Å². The summed E-state index contributed by atoms with van der Waals surface area (Å²) >= 11 is 1.25. The summed E-state index contributed by atoms with van der Waals surface area (Å²) in [7, 11) is 0. The SMILES string of the molecule is CCCOC(=O)c1ccc(CN2C(=O)C(O)=C(C(=O)c3cccs3)C2c2cccnc2)cc1. The van der Waals surface area contributed by atoms with Crippen molar-refractivity contribution in [2.45, 2.75) is 25.9 Å². The third kappa shape index (κ3) is 4.56. The maximum absolute atomic E-state index is 13.2. The molecule has 4 rings (SSSR count). The van der Waals surface area contributed by atoms with E-state index in [1.54, 1.807) is 66.3 Å². The lowest BCUT2D eigenvalue weighted by molar-refractivity contribution is -0.130. The van der Waals surface area contributed by atoms with Gasteiger partial charge in [0.25, 0.3) is 5.91 Å². The van der Waals surface area contributed by atoms with Crippen LogP contribution in [0.15, 0.2) is 77.6 Å². The van der Waals surface area contributed by atoms with Gasteiger partial charge in [-0.25, -0.2) is 4.79 Å². The topological polar surface area (TPSA) is 96.8 Å². The molecule has 168 valence electrons. The highest BCUT2D eigenvalue weighted by Gasteiger charge is 2.44. The zero-order valence-corrected chi connectivity index (χ0v) is 18.7. The molecule has 0 bridgehead atoms. The molecule has 3 aromatic rings. The standard InChI is InChI=1S/C25H22N2O5S/c1-2-12-32-25(31)17-9-7-16(8-10-17)15-27-21(18-5-3-11-26-14-18)20(23(29)24(27)30)22(28)19-6-4-13-33-19/h3-11,13-14,21,29H,2,12,15H2,1H3. The third-order valence-electron chi connectivity index (χ3n) is 5.27. The number of aromatic nitrogens is 1. The van der Waals surface area contributed by atoms with Crippen molar-refractivity contribution in [3.05, 3.63) is 99.2 Å². The Hall–Kier alpha value is -3.78. The molecule has 1 aliphatic heterocycles. The number of Topliss-reactive ketones (excluding diaryl/α,β-unsaturated/α-hetero) is 1. The average Bonchev–Trinajstić information content (AvgIpc) is 3.46. The lowest BCUT2D eigenvalue weighted by Crippen LogP contribution is -2.30. The molecule has 1 amide bonds. The number of nitrogens with zero attached hydrogens (tertiary/aromatic N) is 2. The predicted molar refractivity (Wildman–Crippen MR) is 123 cm³/mol. The first-order chi connectivity index (χ1) is 16.0. The largest absolute Gasteiger partial charge is 0.503 e. The van der Waals surface area contributed by atoms with E-state index in [1.165, 1.54) is 16.2 Å². The molecule has 0 aliphatic carbocycles. The second-order valence-corrected chi connectivity index (χ2v) is 8.47. The zero-order valence-electron chi connectivity index (χ0n) is 17.9. The van der Waals surface area contributed by atoms with E-state index in [0.29, 0.717) is 22.6 Å².